The van der Waals surface area contributed by atoms with Crippen LogP contribution >= 0.6 is 11.6 Å². The Morgan fingerprint density at radius 1 is 1.43 bits per heavy atom. The number of hydrogen-bond acceptors (Lipinski definition) is 4. The van der Waals surface area contributed by atoms with Gasteiger partial charge in [0.15, 0.2) is 0 Å². The predicted octanol–water partition coefficient (Wildman–Crippen LogP) is 3.69. The summed E-state index contributed by atoms with van der Waals surface area (Å²) in [6, 6.07) is 9.11. The summed E-state index contributed by atoms with van der Waals surface area (Å²) >= 11 is 6.18. The maximum absolute atomic E-state index is 12.0. The zero-order valence-corrected chi connectivity index (χ0v) is 13.6. The number of nitrogens with zero attached hydrogens (tertiary/aromatic N) is 1. The van der Waals surface area contributed by atoms with Crippen molar-refractivity contribution in [3.63, 3.8) is 0 Å². The number of anilines is 1. The van der Waals surface area contributed by atoms with E-state index in [1.54, 1.807) is 12.1 Å². The largest absolute Gasteiger partial charge is 0.467 e. The summed E-state index contributed by atoms with van der Waals surface area (Å²) < 4.78 is 5.12. The summed E-state index contributed by atoms with van der Waals surface area (Å²) in [6.45, 7) is 4.06. The number of furan rings is 1. The lowest BCUT2D eigenvalue weighted by atomic mass is 10.1. The first-order valence-electron chi connectivity index (χ1n) is 6.95. The first-order chi connectivity index (χ1) is 11.0. The van der Waals surface area contributed by atoms with E-state index in [1.165, 1.54) is 12.5 Å². The van der Waals surface area contributed by atoms with Crippen LogP contribution in [-0.2, 0) is 11.3 Å². The van der Waals surface area contributed by atoms with E-state index < -0.39 is 5.91 Å². The van der Waals surface area contributed by atoms with Gasteiger partial charge in [0.05, 0.1) is 23.5 Å². The van der Waals surface area contributed by atoms with Crippen LogP contribution in [0.5, 0.6) is 0 Å². The standard InChI is InChI=1S/C17H16ClN3O2/c1-11-6-12(2)16(15(18)7-11)20-9-13(8-19)17(22)21-10-14-4-3-5-23-14/h3-7,9,20H,10H2,1-2H3,(H,21,22)/b13-9-. The molecule has 0 aliphatic heterocycles. The molecule has 5 nitrogen and oxygen atoms in total. The predicted molar refractivity (Wildman–Crippen MR) is 88.8 cm³/mol. The van der Waals surface area contributed by atoms with Gasteiger partial charge in [0.2, 0.25) is 0 Å². The number of rotatable bonds is 5. The van der Waals surface area contributed by atoms with Gasteiger partial charge in [-0.2, -0.15) is 5.26 Å². The second-order valence-electron chi connectivity index (χ2n) is 5.01. The SMILES string of the molecule is Cc1cc(C)c(N/C=C(/C#N)C(=O)NCc2ccco2)c(Cl)c1. The first kappa shape index (κ1) is 16.7. The van der Waals surface area contributed by atoms with Crippen molar-refractivity contribution < 1.29 is 9.21 Å². The van der Waals surface area contributed by atoms with Crippen molar-refractivity contribution in [3.8, 4) is 6.07 Å². The van der Waals surface area contributed by atoms with Crippen LogP contribution < -0.4 is 10.6 Å². The summed E-state index contributed by atoms with van der Waals surface area (Å²) in [5, 5.41) is 15.2. The van der Waals surface area contributed by atoms with Crippen molar-refractivity contribution in [2.45, 2.75) is 20.4 Å². The van der Waals surface area contributed by atoms with Gasteiger partial charge >= 0.3 is 0 Å². The maximum Gasteiger partial charge on any atom is 0.263 e. The van der Waals surface area contributed by atoms with E-state index in [-0.39, 0.29) is 12.1 Å². The first-order valence-corrected chi connectivity index (χ1v) is 7.33. The third kappa shape index (κ3) is 4.38. The van der Waals surface area contributed by atoms with Gasteiger partial charge in [0.25, 0.3) is 5.91 Å². The van der Waals surface area contributed by atoms with Crippen LogP contribution in [0.3, 0.4) is 0 Å². The van der Waals surface area contributed by atoms with Crippen LogP contribution in [-0.4, -0.2) is 5.91 Å². The lowest BCUT2D eigenvalue weighted by Gasteiger charge is -2.10. The van der Waals surface area contributed by atoms with E-state index in [0.29, 0.717) is 16.5 Å². The van der Waals surface area contributed by atoms with Crippen LogP contribution in [0, 0.1) is 25.2 Å². The fraction of sp³-hybridized carbons (Fsp3) is 0.176. The molecule has 1 aromatic heterocycles. The zero-order valence-electron chi connectivity index (χ0n) is 12.8. The van der Waals surface area contributed by atoms with Crippen LogP contribution in [0.15, 0.2) is 46.7 Å². The van der Waals surface area contributed by atoms with Crippen LogP contribution in [0.2, 0.25) is 5.02 Å². The number of amides is 1. The molecule has 0 spiro atoms. The van der Waals surface area contributed by atoms with E-state index in [4.69, 9.17) is 21.3 Å². The Kier molecular flexibility index (Phi) is 5.45. The van der Waals surface area contributed by atoms with Gasteiger partial charge in [0, 0.05) is 6.20 Å². The minimum absolute atomic E-state index is 0.0485. The highest BCUT2D eigenvalue weighted by Gasteiger charge is 2.10. The number of hydrogen-bond donors (Lipinski definition) is 2. The number of benzene rings is 1. The molecule has 1 aromatic carbocycles. The molecule has 0 saturated heterocycles. The van der Waals surface area contributed by atoms with Gasteiger partial charge in [-0.1, -0.05) is 17.7 Å². The molecule has 118 valence electrons. The van der Waals surface area contributed by atoms with E-state index in [1.807, 2.05) is 32.0 Å². The summed E-state index contributed by atoms with van der Waals surface area (Å²) in [4.78, 5) is 12.0. The number of halogens is 1. The molecule has 2 N–H and O–H groups in total. The van der Waals surface area contributed by atoms with Gasteiger partial charge in [-0.15, -0.1) is 0 Å². The number of carbonyl (C=O) groups excluding carboxylic acids is 1. The molecule has 0 fully saturated rings. The monoisotopic (exact) mass is 329 g/mol. The van der Waals surface area contributed by atoms with Crippen LogP contribution in [0.1, 0.15) is 16.9 Å². The fourth-order valence-electron chi connectivity index (χ4n) is 2.07. The average molecular weight is 330 g/mol. The van der Waals surface area contributed by atoms with E-state index in [0.717, 1.165) is 11.1 Å². The second kappa shape index (κ2) is 7.52. The fourth-order valence-corrected chi connectivity index (χ4v) is 2.44. The maximum atomic E-state index is 12.0. The van der Waals surface area contributed by atoms with E-state index in [2.05, 4.69) is 10.6 Å². The molecule has 0 bridgehead atoms. The molecular weight excluding hydrogens is 314 g/mol. The third-order valence-corrected chi connectivity index (χ3v) is 3.46. The summed E-state index contributed by atoms with van der Waals surface area (Å²) in [5.74, 6) is 0.123. The number of nitriles is 1. The number of carbonyl (C=O) groups is 1. The summed E-state index contributed by atoms with van der Waals surface area (Å²) in [6.07, 6.45) is 2.87. The van der Waals surface area contributed by atoms with Crippen molar-refractivity contribution in [2.24, 2.45) is 0 Å². The molecule has 2 rings (SSSR count). The van der Waals surface area contributed by atoms with Gasteiger partial charge in [-0.05, 0) is 43.2 Å². The molecule has 0 radical (unpaired) electrons. The van der Waals surface area contributed by atoms with Crippen molar-refractivity contribution >= 4 is 23.2 Å². The summed E-state index contributed by atoms with van der Waals surface area (Å²) in [7, 11) is 0. The number of nitrogens with one attached hydrogen (secondary N) is 2. The van der Waals surface area contributed by atoms with Crippen LogP contribution in [0.4, 0.5) is 5.69 Å². The van der Waals surface area contributed by atoms with Crippen molar-refractivity contribution in [3.05, 3.63) is 64.2 Å². The quantitative estimate of drug-likeness (QED) is 0.648. The molecule has 0 atom stereocenters. The second-order valence-corrected chi connectivity index (χ2v) is 5.42. The van der Waals surface area contributed by atoms with Gasteiger partial charge < -0.3 is 15.1 Å². The lowest BCUT2D eigenvalue weighted by molar-refractivity contribution is -0.117. The Bertz CT molecular complexity index is 751. The van der Waals surface area contributed by atoms with Crippen molar-refractivity contribution in [1.82, 2.24) is 5.32 Å². The Balaban J connectivity index is 2.07. The molecule has 0 unspecified atom stereocenters. The van der Waals surface area contributed by atoms with Crippen molar-refractivity contribution in [1.29, 1.82) is 5.26 Å². The number of aryl methyl sites for hydroxylation is 2. The van der Waals surface area contributed by atoms with Crippen molar-refractivity contribution in [2.75, 3.05) is 5.32 Å². The Hall–Kier alpha value is -2.71. The smallest absolute Gasteiger partial charge is 0.263 e. The highest BCUT2D eigenvalue weighted by molar-refractivity contribution is 6.33. The van der Waals surface area contributed by atoms with E-state index in [9.17, 15) is 4.79 Å². The van der Waals surface area contributed by atoms with E-state index >= 15 is 0 Å². The molecule has 6 heteroatoms. The normalized spacial score (nSPS) is 11.0. The molecule has 1 heterocycles. The molecule has 0 saturated carbocycles. The molecule has 0 aliphatic rings. The highest BCUT2D eigenvalue weighted by atomic mass is 35.5. The average Bonchev–Trinajstić information content (AvgIpc) is 3.01. The molecule has 0 aliphatic carbocycles. The lowest BCUT2D eigenvalue weighted by Crippen LogP contribution is -2.24. The topological polar surface area (TPSA) is 78.1 Å². The Morgan fingerprint density at radius 3 is 2.83 bits per heavy atom. The molecule has 23 heavy (non-hydrogen) atoms. The molecule has 2 aromatic rings. The molecule has 1 amide bonds. The Morgan fingerprint density at radius 2 is 2.22 bits per heavy atom. The highest BCUT2D eigenvalue weighted by Crippen LogP contribution is 2.27. The zero-order chi connectivity index (χ0) is 16.8. The minimum Gasteiger partial charge on any atom is -0.467 e. The minimum atomic E-state index is -0.489. The molecular formula is C17H16ClN3O2. The van der Waals surface area contributed by atoms with Gasteiger partial charge in [-0.3, -0.25) is 4.79 Å². The Labute approximate surface area is 139 Å². The third-order valence-electron chi connectivity index (χ3n) is 3.16. The van der Waals surface area contributed by atoms with Gasteiger partial charge in [-0.25, -0.2) is 0 Å². The van der Waals surface area contributed by atoms with Crippen LogP contribution in [0.25, 0.3) is 0 Å². The van der Waals surface area contributed by atoms with Gasteiger partial charge in [0.1, 0.15) is 17.4 Å². The summed E-state index contributed by atoms with van der Waals surface area (Å²) in [5.41, 5.74) is 2.59.